The van der Waals surface area contributed by atoms with Gasteiger partial charge in [-0.1, -0.05) is 54.6 Å². The van der Waals surface area contributed by atoms with Crippen LogP contribution < -0.4 is 21.9 Å². The van der Waals surface area contributed by atoms with Crippen LogP contribution in [0.2, 0.25) is 0 Å². The van der Waals surface area contributed by atoms with E-state index < -0.39 is 6.09 Å². The van der Waals surface area contributed by atoms with E-state index in [-0.39, 0.29) is 42.8 Å². The van der Waals surface area contributed by atoms with Crippen LogP contribution in [0.15, 0.2) is 76.8 Å². The molecular weight excluding hydrogens is 448 g/mol. The van der Waals surface area contributed by atoms with E-state index >= 15 is 0 Å². The fourth-order valence-electron chi connectivity index (χ4n) is 3.21. The van der Waals surface area contributed by atoms with Crippen LogP contribution in [-0.4, -0.2) is 33.4 Å². The molecule has 1 saturated carbocycles. The van der Waals surface area contributed by atoms with Crippen LogP contribution in [0.4, 0.5) is 10.6 Å². The van der Waals surface area contributed by atoms with Gasteiger partial charge in [0.05, 0.1) is 0 Å². The highest BCUT2D eigenvalue weighted by atomic mass is 16.5. The first-order valence-corrected chi connectivity index (χ1v) is 11.2. The molecule has 1 heterocycles. The van der Waals surface area contributed by atoms with Crippen molar-refractivity contribution in [2.45, 2.75) is 38.6 Å². The molecule has 1 aliphatic rings. The van der Waals surface area contributed by atoms with Gasteiger partial charge in [0.15, 0.2) is 5.82 Å². The molecule has 2 amide bonds. The van der Waals surface area contributed by atoms with Crippen molar-refractivity contribution < 1.29 is 14.3 Å². The molecule has 10 nitrogen and oxygen atoms in total. The van der Waals surface area contributed by atoms with Gasteiger partial charge >= 0.3 is 6.09 Å². The molecular formula is C25H26N6O4. The highest BCUT2D eigenvalue weighted by Gasteiger charge is 2.23. The Hall–Kier alpha value is -4.47. The zero-order valence-corrected chi connectivity index (χ0v) is 19.0. The summed E-state index contributed by atoms with van der Waals surface area (Å²) in [6.07, 6.45) is 4.25. The lowest BCUT2D eigenvalue weighted by Gasteiger charge is -2.10. The third kappa shape index (κ3) is 7.00. The molecule has 0 spiro atoms. The number of carbonyl (C=O) groups excluding carboxylic acids is 2. The number of aromatic nitrogens is 2. The van der Waals surface area contributed by atoms with Crippen LogP contribution in [0.5, 0.6) is 0 Å². The topological polar surface area (TPSA) is 141 Å². The van der Waals surface area contributed by atoms with E-state index in [1.165, 1.54) is 17.0 Å². The summed E-state index contributed by atoms with van der Waals surface area (Å²) in [5, 5.41) is 5.86. The van der Waals surface area contributed by atoms with Gasteiger partial charge in [0.25, 0.3) is 5.56 Å². The number of nitrogens with one attached hydrogen (secondary N) is 2. The Kier molecular flexibility index (Phi) is 7.51. The quantitative estimate of drug-likeness (QED) is 0.319. The van der Waals surface area contributed by atoms with Gasteiger partial charge in [-0.2, -0.15) is 4.99 Å². The smallest absolute Gasteiger partial charge is 0.435 e. The molecule has 3 aromatic rings. The summed E-state index contributed by atoms with van der Waals surface area (Å²) >= 11 is 0. The molecule has 2 aromatic carbocycles. The largest absolute Gasteiger partial charge is 0.443 e. The number of amidine groups is 1. The van der Waals surface area contributed by atoms with Crippen LogP contribution in [0.1, 0.15) is 29.5 Å². The van der Waals surface area contributed by atoms with Gasteiger partial charge in [-0.25, -0.2) is 9.78 Å². The van der Waals surface area contributed by atoms with Crippen molar-refractivity contribution in [3.8, 4) is 0 Å². The number of hydrogen-bond donors (Lipinski definition) is 3. The van der Waals surface area contributed by atoms with Crippen LogP contribution in [-0.2, 0) is 29.2 Å². The van der Waals surface area contributed by atoms with Crippen LogP contribution in [0, 0.1) is 0 Å². The van der Waals surface area contributed by atoms with Gasteiger partial charge in [0, 0.05) is 30.5 Å². The zero-order valence-electron chi connectivity index (χ0n) is 19.0. The second-order valence-corrected chi connectivity index (χ2v) is 8.14. The number of aliphatic imine (C=N–C) groups is 1. The van der Waals surface area contributed by atoms with Gasteiger partial charge in [-0.15, -0.1) is 0 Å². The molecule has 1 aliphatic carbocycles. The summed E-state index contributed by atoms with van der Waals surface area (Å²) in [5.41, 5.74) is 7.82. The number of nitrogens with zero attached hydrogens (tertiary/aromatic N) is 3. The molecule has 0 atom stereocenters. The molecule has 0 aliphatic heterocycles. The van der Waals surface area contributed by atoms with Gasteiger partial charge in [-0.3, -0.25) is 9.59 Å². The molecule has 0 radical (unpaired) electrons. The molecule has 10 heteroatoms. The van der Waals surface area contributed by atoms with Gasteiger partial charge in [-0.05, 0) is 24.0 Å². The van der Waals surface area contributed by atoms with E-state index in [4.69, 9.17) is 10.5 Å². The predicted molar refractivity (Wildman–Crippen MR) is 131 cm³/mol. The number of carbonyl (C=O) groups is 2. The summed E-state index contributed by atoms with van der Waals surface area (Å²) in [7, 11) is 0. The summed E-state index contributed by atoms with van der Waals surface area (Å²) in [6.45, 7) is 0.269. The Balaban J connectivity index is 1.26. The maximum absolute atomic E-state index is 12.4. The van der Waals surface area contributed by atoms with Crippen molar-refractivity contribution in [3.63, 3.8) is 0 Å². The van der Waals surface area contributed by atoms with E-state index in [2.05, 4.69) is 20.6 Å². The average molecular weight is 475 g/mol. The SMILES string of the molecule is NC(=NC(=O)OCc1ccccc1)c1ccc(CNC(=O)Cn2ccnc(NC3CC3)c2=O)cc1. The fraction of sp³-hybridized carbons (Fsp3) is 0.240. The first kappa shape index (κ1) is 23.7. The monoisotopic (exact) mass is 474 g/mol. The van der Waals surface area contributed by atoms with E-state index in [1.807, 2.05) is 30.3 Å². The van der Waals surface area contributed by atoms with Crippen molar-refractivity contribution in [3.05, 3.63) is 94.0 Å². The molecule has 1 aromatic heterocycles. The second kappa shape index (κ2) is 11.1. The number of rotatable bonds is 9. The first-order chi connectivity index (χ1) is 17.0. The van der Waals surface area contributed by atoms with Crippen molar-refractivity contribution in [1.29, 1.82) is 0 Å². The molecule has 4 rings (SSSR count). The normalized spacial score (nSPS) is 13.2. The molecule has 180 valence electrons. The number of anilines is 1. The minimum Gasteiger partial charge on any atom is -0.443 e. The van der Waals surface area contributed by atoms with Crippen molar-refractivity contribution in [2.75, 3.05) is 5.32 Å². The number of benzene rings is 2. The Morgan fingerprint density at radius 3 is 2.54 bits per heavy atom. The summed E-state index contributed by atoms with van der Waals surface area (Å²) in [6, 6.07) is 16.5. The third-order valence-electron chi connectivity index (χ3n) is 5.30. The Bertz CT molecular complexity index is 1270. The molecule has 0 saturated heterocycles. The standard InChI is InChI=1S/C25H26N6O4/c26-22(30-25(34)35-16-18-4-2-1-3-5-18)19-8-6-17(7-9-19)14-28-21(32)15-31-13-12-27-23(24(31)33)29-20-10-11-20/h1-9,12-13,20H,10-11,14-16H2,(H,27,29)(H,28,32)(H2,26,30,34). The lowest BCUT2D eigenvalue weighted by atomic mass is 10.1. The number of amides is 2. The number of nitrogens with two attached hydrogens (primary N) is 1. The summed E-state index contributed by atoms with van der Waals surface area (Å²) in [4.78, 5) is 44.5. The lowest BCUT2D eigenvalue weighted by Crippen LogP contribution is -2.33. The average Bonchev–Trinajstić information content (AvgIpc) is 3.69. The Morgan fingerprint density at radius 1 is 1.09 bits per heavy atom. The fourth-order valence-corrected chi connectivity index (χ4v) is 3.21. The highest BCUT2D eigenvalue weighted by Crippen LogP contribution is 2.22. The van der Waals surface area contributed by atoms with E-state index in [0.29, 0.717) is 11.6 Å². The van der Waals surface area contributed by atoms with Crippen molar-refractivity contribution >= 4 is 23.7 Å². The maximum Gasteiger partial charge on any atom is 0.435 e. The van der Waals surface area contributed by atoms with Crippen LogP contribution in [0.25, 0.3) is 0 Å². The third-order valence-corrected chi connectivity index (χ3v) is 5.30. The highest BCUT2D eigenvalue weighted by molar-refractivity contribution is 6.02. The van der Waals surface area contributed by atoms with Gasteiger partial charge < -0.3 is 25.7 Å². The second-order valence-electron chi connectivity index (χ2n) is 8.14. The van der Waals surface area contributed by atoms with Crippen LogP contribution in [0.3, 0.4) is 0 Å². The maximum atomic E-state index is 12.4. The molecule has 35 heavy (non-hydrogen) atoms. The van der Waals surface area contributed by atoms with E-state index in [0.717, 1.165) is 24.0 Å². The van der Waals surface area contributed by atoms with Crippen molar-refractivity contribution in [2.24, 2.45) is 10.7 Å². The summed E-state index contributed by atoms with van der Waals surface area (Å²) < 4.78 is 6.43. The number of hydrogen-bond acceptors (Lipinski definition) is 6. The first-order valence-electron chi connectivity index (χ1n) is 11.2. The minimum absolute atomic E-state index is 0.0336. The zero-order chi connectivity index (χ0) is 24.6. The van der Waals surface area contributed by atoms with Gasteiger partial charge in [0.1, 0.15) is 19.0 Å². The van der Waals surface area contributed by atoms with E-state index in [1.54, 1.807) is 24.3 Å². The Labute approximate surface area is 201 Å². The van der Waals surface area contributed by atoms with Crippen molar-refractivity contribution in [1.82, 2.24) is 14.9 Å². The summed E-state index contributed by atoms with van der Waals surface area (Å²) in [5.74, 6) is -0.00473. The molecule has 0 unspecified atom stereocenters. The minimum atomic E-state index is -0.774. The lowest BCUT2D eigenvalue weighted by molar-refractivity contribution is -0.121. The Morgan fingerprint density at radius 2 is 1.83 bits per heavy atom. The van der Waals surface area contributed by atoms with Crippen LogP contribution >= 0.6 is 0 Å². The molecule has 1 fully saturated rings. The number of ether oxygens (including phenoxy) is 1. The molecule has 0 bridgehead atoms. The molecule has 4 N–H and O–H groups in total. The van der Waals surface area contributed by atoms with E-state index in [9.17, 15) is 14.4 Å². The van der Waals surface area contributed by atoms with Gasteiger partial charge in [0.2, 0.25) is 5.91 Å². The predicted octanol–water partition coefficient (Wildman–Crippen LogP) is 2.18.